The first kappa shape index (κ1) is 22.0. The maximum absolute atomic E-state index is 12.5. The van der Waals surface area contributed by atoms with Crippen molar-refractivity contribution in [2.75, 3.05) is 37.9 Å². The largest absolute Gasteiger partial charge is 0.497 e. The van der Waals surface area contributed by atoms with E-state index in [2.05, 4.69) is 15.7 Å². The number of ether oxygens (including phenoxy) is 1. The molecule has 3 aromatic rings. The van der Waals surface area contributed by atoms with Gasteiger partial charge in [0.1, 0.15) is 5.75 Å². The van der Waals surface area contributed by atoms with Crippen LogP contribution in [-0.4, -0.2) is 53.7 Å². The van der Waals surface area contributed by atoms with E-state index in [1.165, 1.54) is 0 Å². The van der Waals surface area contributed by atoms with E-state index in [1.54, 1.807) is 48.0 Å². The van der Waals surface area contributed by atoms with Crippen molar-refractivity contribution in [3.05, 3.63) is 66.0 Å². The summed E-state index contributed by atoms with van der Waals surface area (Å²) in [6.07, 6.45) is 0. The third kappa shape index (κ3) is 5.70. The van der Waals surface area contributed by atoms with E-state index in [4.69, 9.17) is 4.74 Å². The Morgan fingerprint density at radius 3 is 2.19 bits per heavy atom. The standard InChI is InChI=1S/C23H27N5O3/c1-16-23(17(2)28(26-16)19-8-6-5-7-9-19)25-22(30)15-27(3)14-21(29)24-18-10-12-20(31-4)13-11-18/h5-13H,14-15H2,1-4H3,(H,24,29)(H,25,30). The van der Waals surface area contributed by atoms with Gasteiger partial charge in [0.15, 0.2) is 0 Å². The molecule has 0 fully saturated rings. The molecule has 2 amide bonds. The van der Waals surface area contributed by atoms with Gasteiger partial charge in [-0.2, -0.15) is 5.10 Å². The number of aromatic nitrogens is 2. The number of nitrogens with one attached hydrogen (secondary N) is 2. The molecule has 31 heavy (non-hydrogen) atoms. The number of hydrogen-bond acceptors (Lipinski definition) is 5. The number of para-hydroxylation sites is 1. The quantitative estimate of drug-likeness (QED) is 0.584. The zero-order chi connectivity index (χ0) is 22.4. The number of rotatable bonds is 8. The lowest BCUT2D eigenvalue weighted by Gasteiger charge is -2.16. The van der Waals surface area contributed by atoms with Crippen molar-refractivity contribution in [3.63, 3.8) is 0 Å². The highest BCUT2D eigenvalue weighted by molar-refractivity contribution is 5.95. The van der Waals surface area contributed by atoms with Gasteiger partial charge in [-0.15, -0.1) is 0 Å². The average Bonchev–Trinajstić information content (AvgIpc) is 3.03. The number of carbonyl (C=O) groups is 2. The molecule has 0 saturated carbocycles. The second-order valence-corrected chi connectivity index (χ2v) is 7.29. The van der Waals surface area contributed by atoms with Crippen LogP contribution in [0.1, 0.15) is 11.4 Å². The van der Waals surface area contributed by atoms with E-state index in [0.717, 1.165) is 17.1 Å². The molecule has 0 spiro atoms. The fraction of sp³-hybridized carbons (Fsp3) is 0.261. The van der Waals surface area contributed by atoms with Crippen LogP contribution in [0.3, 0.4) is 0 Å². The Morgan fingerprint density at radius 1 is 0.968 bits per heavy atom. The number of hydrogen-bond donors (Lipinski definition) is 2. The van der Waals surface area contributed by atoms with Crippen LogP contribution in [-0.2, 0) is 9.59 Å². The summed E-state index contributed by atoms with van der Waals surface area (Å²) >= 11 is 0. The van der Waals surface area contributed by atoms with E-state index in [9.17, 15) is 9.59 Å². The van der Waals surface area contributed by atoms with Crippen LogP contribution in [0.4, 0.5) is 11.4 Å². The monoisotopic (exact) mass is 421 g/mol. The molecular weight excluding hydrogens is 394 g/mol. The summed E-state index contributed by atoms with van der Waals surface area (Å²) in [6, 6.07) is 16.8. The fourth-order valence-corrected chi connectivity index (χ4v) is 3.24. The van der Waals surface area contributed by atoms with Gasteiger partial charge < -0.3 is 15.4 Å². The normalized spacial score (nSPS) is 10.7. The molecule has 0 bridgehead atoms. The molecule has 8 nitrogen and oxygen atoms in total. The molecule has 0 atom stereocenters. The Bertz CT molecular complexity index is 1050. The van der Waals surface area contributed by atoms with Crippen LogP contribution in [0.25, 0.3) is 5.69 Å². The Kier molecular flexibility index (Phi) is 7.04. The predicted molar refractivity (Wildman–Crippen MR) is 121 cm³/mol. The zero-order valence-electron chi connectivity index (χ0n) is 18.2. The van der Waals surface area contributed by atoms with Gasteiger partial charge in [0.25, 0.3) is 0 Å². The average molecular weight is 422 g/mol. The molecule has 0 unspecified atom stereocenters. The second kappa shape index (κ2) is 9.90. The van der Waals surface area contributed by atoms with Crippen LogP contribution < -0.4 is 15.4 Å². The molecule has 1 aromatic heterocycles. The van der Waals surface area contributed by atoms with Crippen molar-refractivity contribution in [2.24, 2.45) is 0 Å². The van der Waals surface area contributed by atoms with E-state index >= 15 is 0 Å². The van der Waals surface area contributed by atoms with Gasteiger partial charge in [-0.05, 0) is 57.3 Å². The minimum atomic E-state index is -0.210. The molecule has 0 radical (unpaired) electrons. The van der Waals surface area contributed by atoms with Crippen LogP contribution in [0.5, 0.6) is 5.75 Å². The summed E-state index contributed by atoms with van der Waals surface area (Å²) in [6.45, 7) is 3.93. The molecule has 2 aromatic carbocycles. The minimum Gasteiger partial charge on any atom is -0.497 e. The number of benzene rings is 2. The lowest BCUT2D eigenvalue weighted by molar-refractivity contribution is -0.119. The number of likely N-dealkylation sites (N-methyl/N-ethyl adjacent to an activating group) is 1. The molecular formula is C23H27N5O3. The van der Waals surface area contributed by atoms with E-state index in [-0.39, 0.29) is 24.9 Å². The highest BCUT2D eigenvalue weighted by atomic mass is 16.5. The van der Waals surface area contributed by atoms with Crippen molar-refractivity contribution in [1.82, 2.24) is 14.7 Å². The van der Waals surface area contributed by atoms with Gasteiger partial charge in [0.05, 0.1) is 43.0 Å². The Hall–Kier alpha value is -3.65. The molecule has 0 aliphatic rings. The zero-order valence-corrected chi connectivity index (χ0v) is 18.2. The molecule has 0 aliphatic heterocycles. The lowest BCUT2D eigenvalue weighted by atomic mass is 10.3. The van der Waals surface area contributed by atoms with E-state index < -0.39 is 0 Å². The van der Waals surface area contributed by atoms with Gasteiger partial charge in [0, 0.05) is 5.69 Å². The van der Waals surface area contributed by atoms with Gasteiger partial charge >= 0.3 is 0 Å². The molecule has 1 heterocycles. The third-order valence-corrected chi connectivity index (χ3v) is 4.76. The molecule has 3 rings (SSSR count). The maximum Gasteiger partial charge on any atom is 0.238 e. The summed E-state index contributed by atoms with van der Waals surface area (Å²) < 4.78 is 6.91. The Morgan fingerprint density at radius 2 is 1.58 bits per heavy atom. The fourth-order valence-electron chi connectivity index (χ4n) is 3.24. The first-order valence-electron chi connectivity index (χ1n) is 9.91. The van der Waals surface area contributed by atoms with Crippen LogP contribution in [0.15, 0.2) is 54.6 Å². The van der Waals surface area contributed by atoms with Gasteiger partial charge in [-0.3, -0.25) is 14.5 Å². The van der Waals surface area contributed by atoms with Crippen molar-refractivity contribution in [2.45, 2.75) is 13.8 Å². The molecule has 0 saturated heterocycles. The first-order chi connectivity index (χ1) is 14.9. The third-order valence-electron chi connectivity index (χ3n) is 4.76. The van der Waals surface area contributed by atoms with Crippen molar-refractivity contribution in [1.29, 1.82) is 0 Å². The topological polar surface area (TPSA) is 88.5 Å². The van der Waals surface area contributed by atoms with Gasteiger partial charge in [-0.25, -0.2) is 4.68 Å². The van der Waals surface area contributed by atoms with Crippen LogP contribution in [0.2, 0.25) is 0 Å². The molecule has 162 valence electrons. The number of nitrogens with zero attached hydrogens (tertiary/aromatic N) is 3. The molecule has 0 aliphatic carbocycles. The highest BCUT2D eigenvalue weighted by Crippen LogP contribution is 2.22. The van der Waals surface area contributed by atoms with Crippen LogP contribution in [0, 0.1) is 13.8 Å². The predicted octanol–water partition coefficient (Wildman–Crippen LogP) is 3.01. The molecule has 2 N–H and O–H groups in total. The number of methoxy groups -OCH3 is 1. The summed E-state index contributed by atoms with van der Waals surface area (Å²) in [7, 11) is 3.31. The number of aryl methyl sites for hydroxylation is 1. The van der Waals surface area contributed by atoms with Crippen molar-refractivity contribution >= 4 is 23.2 Å². The minimum absolute atomic E-state index is 0.0748. The van der Waals surface area contributed by atoms with Gasteiger partial charge in [-0.1, -0.05) is 18.2 Å². The summed E-state index contributed by atoms with van der Waals surface area (Å²) in [5, 5.41) is 10.3. The Labute approximate surface area is 181 Å². The Balaban J connectivity index is 1.55. The van der Waals surface area contributed by atoms with E-state index in [1.807, 2.05) is 44.2 Å². The maximum atomic E-state index is 12.5. The van der Waals surface area contributed by atoms with Crippen molar-refractivity contribution in [3.8, 4) is 11.4 Å². The lowest BCUT2D eigenvalue weighted by Crippen LogP contribution is -2.36. The number of carbonyl (C=O) groups excluding carboxylic acids is 2. The van der Waals surface area contributed by atoms with Gasteiger partial charge in [0.2, 0.25) is 11.8 Å². The van der Waals surface area contributed by atoms with Crippen molar-refractivity contribution < 1.29 is 14.3 Å². The smallest absolute Gasteiger partial charge is 0.238 e. The van der Waals surface area contributed by atoms with E-state index in [0.29, 0.717) is 17.1 Å². The number of amides is 2. The highest BCUT2D eigenvalue weighted by Gasteiger charge is 2.17. The number of anilines is 2. The summed E-state index contributed by atoms with van der Waals surface area (Å²) in [4.78, 5) is 26.5. The summed E-state index contributed by atoms with van der Waals surface area (Å²) in [5.41, 5.74) is 3.86. The first-order valence-corrected chi connectivity index (χ1v) is 9.91. The summed E-state index contributed by atoms with van der Waals surface area (Å²) in [5.74, 6) is 0.302. The van der Waals surface area contributed by atoms with Crippen LogP contribution >= 0.6 is 0 Å². The second-order valence-electron chi connectivity index (χ2n) is 7.29. The SMILES string of the molecule is COc1ccc(NC(=O)CN(C)CC(=O)Nc2c(C)nn(-c3ccccc3)c2C)cc1. The molecule has 8 heteroatoms.